The molecule has 0 aliphatic heterocycles. The minimum Gasteiger partial charge on any atom is -0.396 e. The van der Waals surface area contributed by atoms with E-state index in [9.17, 15) is 9.90 Å². The van der Waals surface area contributed by atoms with E-state index in [0.717, 1.165) is 21.9 Å². The maximum atomic E-state index is 12.7. The fourth-order valence-electron chi connectivity index (χ4n) is 3.05. The number of hydrogen-bond acceptors (Lipinski definition) is 2. The summed E-state index contributed by atoms with van der Waals surface area (Å²) in [5, 5.41) is 14.8. The number of amides is 1. The molecule has 1 amide bonds. The van der Waals surface area contributed by atoms with Crippen molar-refractivity contribution in [1.29, 1.82) is 0 Å². The molecular formula is C21H21NO2. The van der Waals surface area contributed by atoms with Crippen LogP contribution in [0.25, 0.3) is 10.8 Å². The van der Waals surface area contributed by atoms with E-state index in [4.69, 9.17) is 0 Å². The molecule has 0 radical (unpaired) electrons. The molecule has 2 N–H and O–H groups in total. The van der Waals surface area contributed by atoms with Crippen LogP contribution in [0.15, 0.2) is 66.7 Å². The molecule has 122 valence electrons. The van der Waals surface area contributed by atoms with Crippen molar-refractivity contribution < 1.29 is 9.90 Å². The minimum atomic E-state index is -0.229. The first kappa shape index (κ1) is 16.2. The monoisotopic (exact) mass is 319 g/mol. The Morgan fingerprint density at radius 3 is 2.50 bits per heavy atom. The smallest absolute Gasteiger partial charge is 0.252 e. The first-order valence-electron chi connectivity index (χ1n) is 8.15. The Hall–Kier alpha value is -2.65. The summed E-state index contributed by atoms with van der Waals surface area (Å²) in [5.74, 6) is -0.112. The number of fused-ring (bicyclic) bond motifs is 1. The van der Waals surface area contributed by atoms with E-state index >= 15 is 0 Å². The first-order valence-corrected chi connectivity index (χ1v) is 8.15. The number of aliphatic hydroxyl groups is 1. The molecule has 0 bridgehead atoms. The second-order valence-electron chi connectivity index (χ2n) is 5.92. The van der Waals surface area contributed by atoms with Crippen molar-refractivity contribution in [1.82, 2.24) is 5.32 Å². The maximum Gasteiger partial charge on any atom is 0.252 e. The molecule has 0 fully saturated rings. The number of hydrogen-bond donors (Lipinski definition) is 2. The van der Waals surface area contributed by atoms with Crippen LogP contribution >= 0.6 is 0 Å². The van der Waals surface area contributed by atoms with E-state index in [1.165, 1.54) is 0 Å². The molecule has 0 saturated heterocycles. The number of benzene rings is 3. The van der Waals surface area contributed by atoms with Crippen molar-refractivity contribution in [2.75, 3.05) is 6.61 Å². The van der Waals surface area contributed by atoms with E-state index in [2.05, 4.69) is 23.5 Å². The molecule has 0 aromatic heterocycles. The van der Waals surface area contributed by atoms with Gasteiger partial charge in [0.15, 0.2) is 0 Å². The lowest BCUT2D eigenvalue weighted by atomic mass is 9.96. The van der Waals surface area contributed by atoms with Crippen LogP contribution in [0.2, 0.25) is 0 Å². The Bertz CT molecular complexity index is 852. The van der Waals surface area contributed by atoms with Gasteiger partial charge in [-0.3, -0.25) is 4.79 Å². The molecule has 0 spiro atoms. The molecule has 1 atom stereocenters. The van der Waals surface area contributed by atoms with Crippen LogP contribution in [-0.2, 0) is 0 Å². The van der Waals surface area contributed by atoms with E-state index < -0.39 is 0 Å². The Kier molecular flexibility index (Phi) is 4.92. The largest absolute Gasteiger partial charge is 0.396 e. The van der Waals surface area contributed by atoms with Gasteiger partial charge in [-0.2, -0.15) is 0 Å². The van der Waals surface area contributed by atoms with Crippen molar-refractivity contribution >= 4 is 16.7 Å². The van der Waals surface area contributed by atoms with Gasteiger partial charge in [0, 0.05) is 12.2 Å². The lowest BCUT2D eigenvalue weighted by molar-refractivity contribution is 0.0929. The average Bonchev–Trinajstić information content (AvgIpc) is 2.61. The van der Waals surface area contributed by atoms with Crippen LogP contribution in [-0.4, -0.2) is 17.6 Å². The molecular weight excluding hydrogens is 298 g/mol. The van der Waals surface area contributed by atoms with E-state index in [1.807, 2.05) is 55.5 Å². The van der Waals surface area contributed by atoms with Crippen LogP contribution in [0.4, 0.5) is 0 Å². The standard InChI is InChI=1S/C21H21NO2/c1-15-7-2-4-10-17(15)21(24)22-20(13-14-23)19-12-6-9-16-8-3-5-11-18(16)19/h2-12,20,23H,13-14H2,1H3,(H,22,24). The number of nitrogens with one attached hydrogen (secondary N) is 1. The minimum absolute atomic E-state index is 0.0158. The van der Waals surface area contributed by atoms with Crippen LogP contribution in [0.3, 0.4) is 0 Å². The van der Waals surface area contributed by atoms with Gasteiger partial charge in [-0.05, 0) is 41.3 Å². The van der Waals surface area contributed by atoms with Gasteiger partial charge in [0.1, 0.15) is 0 Å². The highest BCUT2D eigenvalue weighted by Crippen LogP contribution is 2.26. The van der Waals surface area contributed by atoms with Gasteiger partial charge in [-0.1, -0.05) is 60.7 Å². The van der Waals surface area contributed by atoms with Gasteiger partial charge in [0.05, 0.1) is 6.04 Å². The van der Waals surface area contributed by atoms with E-state index in [1.54, 1.807) is 0 Å². The molecule has 3 nitrogen and oxygen atoms in total. The summed E-state index contributed by atoms with van der Waals surface area (Å²) in [6, 6.07) is 21.5. The second kappa shape index (κ2) is 7.28. The maximum absolute atomic E-state index is 12.7. The molecule has 0 saturated carbocycles. The molecule has 0 aliphatic rings. The summed E-state index contributed by atoms with van der Waals surface area (Å²) in [6.45, 7) is 1.94. The third kappa shape index (κ3) is 3.31. The number of carbonyl (C=O) groups excluding carboxylic acids is 1. The summed E-state index contributed by atoms with van der Waals surface area (Å²) in [7, 11) is 0. The van der Waals surface area contributed by atoms with Gasteiger partial charge in [0.2, 0.25) is 0 Å². The molecule has 0 aliphatic carbocycles. The highest BCUT2D eigenvalue weighted by molar-refractivity contribution is 5.96. The van der Waals surface area contributed by atoms with Crippen LogP contribution in [0.5, 0.6) is 0 Å². The summed E-state index contributed by atoms with van der Waals surface area (Å²) < 4.78 is 0. The first-order chi connectivity index (χ1) is 11.7. The van der Waals surface area contributed by atoms with Crippen LogP contribution < -0.4 is 5.32 Å². The summed E-state index contributed by atoms with van der Waals surface area (Å²) in [4.78, 5) is 12.7. The Labute approximate surface area is 142 Å². The summed E-state index contributed by atoms with van der Waals surface area (Å²) in [5.41, 5.74) is 2.64. The van der Waals surface area contributed by atoms with E-state index in [-0.39, 0.29) is 18.6 Å². The predicted molar refractivity (Wildman–Crippen MR) is 97.0 cm³/mol. The van der Waals surface area contributed by atoms with Gasteiger partial charge >= 0.3 is 0 Å². The van der Waals surface area contributed by atoms with Crippen molar-refractivity contribution in [3.8, 4) is 0 Å². The molecule has 3 rings (SSSR count). The van der Waals surface area contributed by atoms with Crippen LogP contribution in [0.1, 0.15) is 33.9 Å². The lowest BCUT2D eigenvalue weighted by Crippen LogP contribution is -2.29. The van der Waals surface area contributed by atoms with Crippen LogP contribution in [0, 0.1) is 6.92 Å². The highest BCUT2D eigenvalue weighted by Gasteiger charge is 2.18. The number of aliphatic hydroxyl groups excluding tert-OH is 1. The van der Waals surface area contributed by atoms with Crippen molar-refractivity contribution in [2.24, 2.45) is 0 Å². The third-order valence-electron chi connectivity index (χ3n) is 4.31. The molecule has 24 heavy (non-hydrogen) atoms. The quantitative estimate of drug-likeness (QED) is 0.747. The van der Waals surface area contributed by atoms with Gasteiger partial charge in [0.25, 0.3) is 5.91 Å². The van der Waals surface area contributed by atoms with E-state index in [0.29, 0.717) is 12.0 Å². The fraction of sp³-hybridized carbons (Fsp3) is 0.190. The number of rotatable bonds is 5. The molecule has 0 heterocycles. The third-order valence-corrected chi connectivity index (χ3v) is 4.31. The number of aryl methyl sites for hydroxylation is 1. The molecule has 1 unspecified atom stereocenters. The van der Waals surface area contributed by atoms with Gasteiger partial charge in [-0.15, -0.1) is 0 Å². The normalized spacial score (nSPS) is 12.1. The zero-order valence-corrected chi connectivity index (χ0v) is 13.7. The second-order valence-corrected chi connectivity index (χ2v) is 5.92. The topological polar surface area (TPSA) is 49.3 Å². The SMILES string of the molecule is Cc1ccccc1C(=O)NC(CCO)c1cccc2ccccc12. The molecule has 3 aromatic rings. The van der Waals surface area contributed by atoms with Crippen molar-refractivity contribution in [2.45, 2.75) is 19.4 Å². The lowest BCUT2D eigenvalue weighted by Gasteiger charge is -2.21. The fourth-order valence-corrected chi connectivity index (χ4v) is 3.05. The van der Waals surface area contributed by atoms with Gasteiger partial charge < -0.3 is 10.4 Å². The molecule has 3 aromatic carbocycles. The predicted octanol–water partition coefficient (Wildman–Crippen LogP) is 4.00. The molecule has 3 heteroatoms. The Balaban J connectivity index is 1.95. The van der Waals surface area contributed by atoms with Crippen molar-refractivity contribution in [3.05, 3.63) is 83.4 Å². The Morgan fingerprint density at radius 2 is 1.71 bits per heavy atom. The summed E-state index contributed by atoms with van der Waals surface area (Å²) in [6.07, 6.45) is 0.478. The Morgan fingerprint density at radius 1 is 1.00 bits per heavy atom. The average molecular weight is 319 g/mol. The zero-order valence-electron chi connectivity index (χ0n) is 13.7. The number of carbonyl (C=O) groups is 1. The zero-order chi connectivity index (χ0) is 16.9. The highest BCUT2D eigenvalue weighted by atomic mass is 16.3. The summed E-state index contributed by atoms with van der Waals surface area (Å²) >= 11 is 0. The van der Waals surface area contributed by atoms with Crippen molar-refractivity contribution in [3.63, 3.8) is 0 Å². The van der Waals surface area contributed by atoms with Gasteiger partial charge in [-0.25, -0.2) is 0 Å².